The molecule has 0 amide bonds. The van der Waals surface area contributed by atoms with Crippen LogP contribution in [0, 0.1) is 11.3 Å². The highest BCUT2D eigenvalue weighted by Crippen LogP contribution is 2.33. The van der Waals surface area contributed by atoms with Crippen LogP contribution in [-0.2, 0) is 6.18 Å². The highest BCUT2D eigenvalue weighted by Gasteiger charge is 2.31. The van der Waals surface area contributed by atoms with Crippen LogP contribution in [0.5, 0.6) is 0 Å². The summed E-state index contributed by atoms with van der Waals surface area (Å²) in [5, 5.41) is 11.7. The molecular formula is C13H8BrF3N4. The molecule has 0 saturated carbocycles. The van der Waals surface area contributed by atoms with E-state index < -0.39 is 11.7 Å². The molecule has 0 radical (unpaired) electrons. The zero-order chi connectivity index (χ0) is 15.6. The SMILES string of the molecule is N#Cc1cc(C(F)(F)F)ccc1Nc1ncc(Br)cc1N. The fourth-order valence-electron chi connectivity index (χ4n) is 1.61. The van der Waals surface area contributed by atoms with E-state index in [1.807, 2.05) is 0 Å². The molecule has 0 saturated heterocycles. The number of nitrogens with one attached hydrogen (secondary N) is 1. The fraction of sp³-hybridized carbons (Fsp3) is 0.0769. The van der Waals surface area contributed by atoms with Crippen LogP contribution in [0.15, 0.2) is 34.9 Å². The Morgan fingerprint density at radius 3 is 2.57 bits per heavy atom. The first-order valence-corrected chi connectivity index (χ1v) is 6.40. The lowest BCUT2D eigenvalue weighted by atomic mass is 10.1. The molecule has 0 aliphatic carbocycles. The third-order valence-electron chi connectivity index (χ3n) is 2.60. The smallest absolute Gasteiger partial charge is 0.396 e. The Morgan fingerprint density at radius 1 is 1.29 bits per heavy atom. The molecule has 0 atom stereocenters. The molecule has 1 aromatic heterocycles. The predicted octanol–water partition coefficient (Wildman–Crippen LogP) is 4.06. The number of halogens is 4. The van der Waals surface area contributed by atoms with E-state index in [1.165, 1.54) is 12.3 Å². The van der Waals surface area contributed by atoms with E-state index in [-0.39, 0.29) is 17.1 Å². The van der Waals surface area contributed by atoms with Crippen LogP contribution in [0.2, 0.25) is 0 Å². The van der Waals surface area contributed by atoms with Gasteiger partial charge < -0.3 is 11.1 Å². The van der Waals surface area contributed by atoms with Crippen molar-refractivity contribution in [2.75, 3.05) is 11.1 Å². The van der Waals surface area contributed by atoms with Crippen molar-refractivity contribution in [3.63, 3.8) is 0 Å². The highest BCUT2D eigenvalue weighted by atomic mass is 79.9. The maximum atomic E-state index is 12.6. The third kappa shape index (κ3) is 3.44. The zero-order valence-corrected chi connectivity index (χ0v) is 12.0. The van der Waals surface area contributed by atoms with Gasteiger partial charge in [0.15, 0.2) is 5.82 Å². The van der Waals surface area contributed by atoms with Crippen molar-refractivity contribution in [2.45, 2.75) is 6.18 Å². The number of benzene rings is 1. The van der Waals surface area contributed by atoms with E-state index in [2.05, 4.69) is 26.2 Å². The first kappa shape index (κ1) is 15.1. The normalized spacial score (nSPS) is 11.0. The van der Waals surface area contributed by atoms with E-state index in [4.69, 9.17) is 11.0 Å². The average molecular weight is 357 g/mol. The highest BCUT2D eigenvalue weighted by molar-refractivity contribution is 9.10. The van der Waals surface area contributed by atoms with Crippen molar-refractivity contribution >= 4 is 33.1 Å². The van der Waals surface area contributed by atoms with Crippen molar-refractivity contribution in [1.82, 2.24) is 4.98 Å². The maximum Gasteiger partial charge on any atom is 0.416 e. The summed E-state index contributed by atoms with van der Waals surface area (Å²) in [5.41, 5.74) is 5.21. The van der Waals surface area contributed by atoms with E-state index >= 15 is 0 Å². The maximum absolute atomic E-state index is 12.6. The largest absolute Gasteiger partial charge is 0.416 e. The summed E-state index contributed by atoms with van der Waals surface area (Å²) in [6.45, 7) is 0. The van der Waals surface area contributed by atoms with Crippen LogP contribution in [-0.4, -0.2) is 4.98 Å². The van der Waals surface area contributed by atoms with Crippen molar-refractivity contribution in [1.29, 1.82) is 5.26 Å². The van der Waals surface area contributed by atoms with Crippen LogP contribution in [0.4, 0.5) is 30.4 Å². The van der Waals surface area contributed by atoms with Crippen LogP contribution in [0.25, 0.3) is 0 Å². The van der Waals surface area contributed by atoms with Crippen molar-refractivity contribution in [3.8, 4) is 6.07 Å². The minimum absolute atomic E-state index is 0.144. The summed E-state index contributed by atoms with van der Waals surface area (Å²) in [6, 6.07) is 6.14. The van der Waals surface area contributed by atoms with E-state index in [9.17, 15) is 13.2 Å². The summed E-state index contributed by atoms with van der Waals surface area (Å²) in [7, 11) is 0. The Kier molecular flexibility index (Phi) is 4.04. The molecule has 0 fully saturated rings. The predicted molar refractivity (Wildman–Crippen MR) is 75.8 cm³/mol. The van der Waals surface area contributed by atoms with Gasteiger partial charge in [0.05, 0.1) is 22.5 Å². The number of pyridine rings is 1. The zero-order valence-electron chi connectivity index (χ0n) is 10.4. The molecule has 0 unspecified atom stereocenters. The molecule has 21 heavy (non-hydrogen) atoms. The summed E-state index contributed by atoms with van der Waals surface area (Å²) < 4.78 is 38.5. The second kappa shape index (κ2) is 5.61. The number of aromatic nitrogens is 1. The summed E-state index contributed by atoms with van der Waals surface area (Å²) in [5.74, 6) is 0.259. The Hall–Kier alpha value is -2.27. The van der Waals surface area contributed by atoms with Crippen LogP contribution >= 0.6 is 15.9 Å². The Labute approximate surface area is 126 Å². The van der Waals surface area contributed by atoms with Gasteiger partial charge in [-0.05, 0) is 40.2 Å². The number of nitrogens with two attached hydrogens (primary N) is 1. The fourth-order valence-corrected chi connectivity index (χ4v) is 1.96. The Bertz CT molecular complexity index is 722. The number of nitrogen functional groups attached to an aromatic ring is 1. The molecule has 2 rings (SSSR count). The van der Waals surface area contributed by atoms with Crippen LogP contribution in [0.3, 0.4) is 0 Å². The molecule has 2 aromatic rings. The standard InChI is InChI=1S/C13H8BrF3N4/c14-9-4-10(19)12(20-6-9)21-11-2-1-8(13(15,16)17)3-7(11)5-18/h1-4,6H,19H2,(H,20,21). The van der Waals surface area contributed by atoms with Gasteiger partial charge in [-0.3, -0.25) is 0 Å². The topological polar surface area (TPSA) is 74.7 Å². The molecule has 0 aliphatic rings. The van der Waals surface area contributed by atoms with Gasteiger partial charge in [0.2, 0.25) is 0 Å². The van der Waals surface area contributed by atoms with Gasteiger partial charge >= 0.3 is 6.18 Å². The number of hydrogen-bond donors (Lipinski definition) is 2. The van der Waals surface area contributed by atoms with Gasteiger partial charge in [-0.2, -0.15) is 18.4 Å². The number of anilines is 3. The molecular weight excluding hydrogens is 349 g/mol. The van der Waals surface area contributed by atoms with Crippen molar-refractivity contribution < 1.29 is 13.2 Å². The quantitative estimate of drug-likeness (QED) is 0.850. The molecule has 1 aromatic carbocycles. The number of rotatable bonds is 2. The first-order valence-electron chi connectivity index (χ1n) is 5.60. The molecule has 1 heterocycles. The first-order chi connectivity index (χ1) is 9.81. The van der Waals surface area contributed by atoms with Gasteiger partial charge in [-0.25, -0.2) is 4.98 Å². The monoisotopic (exact) mass is 356 g/mol. The molecule has 0 spiro atoms. The summed E-state index contributed by atoms with van der Waals surface area (Å²) in [6.07, 6.45) is -3.02. The van der Waals surface area contributed by atoms with Gasteiger partial charge in [0.25, 0.3) is 0 Å². The molecule has 0 bridgehead atoms. The molecule has 3 N–H and O–H groups in total. The van der Waals surface area contributed by atoms with E-state index in [0.717, 1.165) is 12.1 Å². The van der Waals surface area contributed by atoms with E-state index in [1.54, 1.807) is 12.1 Å². The molecule has 8 heteroatoms. The van der Waals surface area contributed by atoms with Gasteiger partial charge in [0.1, 0.15) is 6.07 Å². The summed E-state index contributed by atoms with van der Waals surface area (Å²) in [4.78, 5) is 4.01. The second-order valence-corrected chi connectivity index (χ2v) is 5.00. The van der Waals surface area contributed by atoms with E-state index in [0.29, 0.717) is 10.2 Å². The minimum atomic E-state index is -4.50. The lowest BCUT2D eigenvalue weighted by Crippen LogP contribution is -2.06. The van der Waals surface area contributed by atoms with Gasteiger partial charge in [-0.15, -0.1) is 0 Å². The molecule has 4 nitrogen and oxygen atoms in total. The Morgan fingerprint density at radius 2 is 2.00 bits per heavy atom. The van der Waals surface area contributed by atoms with Gasteiger partial charge in [0, 0.05) is 10.7 Å². The third-order valence-corrected chi connectivity index (χ3v) is 3.04. The van der Waals surface area contributed by atoms with Gasteiger partial charge in [-0.1, -0.05) is 0 Å². The number of alkyl halides is 3. The van der Waals surface area contributed by atoms with Crippen molar-refractivity contribution in [3.05, 3.63) is 46.1 Å². The summed E-state index contributed by atoms with van der Waals surface area (Å²) >= 11 is 3.19. The van der Waals surface area contributed by atoms with Crippen molar-refractivity contribution in [2.24, 2.45) is 0 Å². The molecule has 0 aliphatic heterocycles. The molecule has 108 valence electrons. The number of nitriles is 1. The average Bonchev–Trinajstić information content (AvgIpc) is 2.41. The number of nitrogens with zero attached hydrogens (tertiary/aromatic N) is 2. The lowest BCUT2D eigenvalue weighted by Gasteiger charge is -2.12. The second-order valence-electron chi connectivity index (χ2n) is 4.09. The number of hydrogen-bond acceptors (Lipinski definition) is 4. The van der Waals surface area contributed by atoms with Crippen LogP contribution < -0.4 is 11.1 Å². The Balaban J connectivity index is 2.39. The lowest BCUT2D eigenvalue weighted by molar-refractivity contribution is -0.137. The van der Waals surface area contributed by atoms with Crippen LogP contribution in [0.1, 0.15) is 11.1 Å². The minimum Gasteiger partial charge on any atom is -0.396 e.